The molecule has 0 aliphatic heterocycles. The monoisotopic (exact) mass is 296 g/mol. The van der Waals surface area contributed by atoms with Gasteiger partial charge in [0.25, 0.3) is 10.0 Å². The van der Waals surface area contributed by atoms with Gasteiger partial charge in [-0.05, 0) is 32.4 Å². The van der Waals surface area contributed by atoms with Gasteiger partial charge in [-0.3, -0.25) is 4.40 Å². The highest BCUT2D eigenvalue weighted by molar-refractivity contribution is 7.89. The second-order valence-electron chi connectivity index (χ2n) is 4.90. The molecule has 7 heteroatoms. The van der Waals surface area contributed by atoms with Crippen molar-refractivity contribution in [3.8, 4) is 0 Å². The maximum absolute atomic E-state index is 12.5. The van der Waals surface area contributed by atoms with Crippen LogP contribution < -0.4 is 10.0 Å². The quantitative estimate of drug-likeness (QED) is 0.853. The number of fused-ring (bicyclic) bond motifs is 1. The Morgan fingerprint density at radius 2 is 2.10 bits per heavy atom. The molecule has 0 aromatic carbocycles. The van der Waals surface area contributed by atoms with E-state index in [1.165, 1.54) is 0 Å². The van der Waals surface area contributed by atoms with Crippen LogP contribution in [0.15, 0.2) is 29.4 Å². The van der Waals surface area contributed by atoms with Crippen molar-refractivity contribution in [1.82, 2.24) is 14.1 Å². The molecule has 6 nitrogen and oxygen atoms in total. The van der Waals surface area contributed by atoms with Crippen LogP contribution in [0.2, 0.25) is 0 Å². The largest absolute Gasteiger partial charge is 0.368 e. The van der Waals surface area contributed by atoms with Crippen molar-refractivity contribution in [3.05, 3.63) is 24.4 Å². The lowest BCUT2D eigenvalue weighted by atomic mass is 10.4. The molecule has 0 amide bonds. The van der Waals surface area contributed by atoms with E-state index in [0.717, 1.165) is 6.42 Å². The molecule has 0 atom stereocenters. The molecular formula is C13H20N4O2S. The van der Waals surface area contributed by atoms with E-state index in [1.54, 1.807) is 36.6 Å². The van der Waals surface area contributed by atoms with Crippen LogP contribution >= 0.6 is 0 Å². The van der Waals surface area contributed by atoms with E-state index < -0.39 is 10.0 Å². The van der Waals surface area contributed by atoms with E-state index in [0.29, 0.717) is 18.0 Å². The van der Waals surface area contributed by atoms with Gasteiger partial charge in [0, 0.05) is 18.8 Å². The molecule has 2 aromatic rings. The Hall–Kier alpha value is -1.60. The number of nitrogens with one attached hydrogen (secondary N) is 2. The van der Waals surface area contributed by atoms with E-state index in [9.17, 15) is 8.42 Å². The fourth-order valence-electron chi connectivity index (χ4n) is 1.95. The van der Waals surface area contributed by atoms with Crippen LogP contribution in [0, 0.1) is 0 Å². The summed E-state index contributed by atoms with van der Waals surface area (Å²) >= 11 is 0. The third-order valence-corrected chi connectivity index (χ3v) is 4.35. The molecule has 2 N–H and O–H groups in total. The number of sulfonamides is 1. The Bertz CT molecular complexity index is 691. The van der Waals surface area contributed by atoms with Gasteiger partial charge in [-0.25, -0.2) is 18.1 Å². The van der Waals surface area contributed by atoms with Gasteiger partial charge in [0.1, 0.15) is 5.65 Å². The summed E-state index contributed by atoms with van der Waals surface area (Å²) in [7, 11) is -3.62. The Kier molecular flexibility index (Phi) is 4.29. The average Bonchev–Trinajstić information content (AvgIpc) is 2.73. The summed E-state index contributed by atoms with van der Waals surface area (Å²) in [5.41, 5.74) is 0.607. The number of pyridine rings is 1. The zero-order valence-corrected chi connectivity index (χ0v) is 12.7. The van der Waals surface area contributed by atoms with Crippen molar-refractivity contribution in [2.45, 2.75) is 38.3 Å². The van der Waals surface area contributed by atoms with Crippen molar-refractivity contribution in [2.75, 3.05) is 11.9 Å². The van der Waals surface area contributed by atoms with E-state index in [2.05, 4.69) is 15.0 Å². The van der Waals surface area contributed by atoms with Gasteiger partial charge in [-0.1, -0.05) is 13.0 Å². The third kappa shape index (κ3) is 2.94. The molecular weight excluding hydrogens is 276 g/mol. The predicted molar refractivity (Wildman–Crippen MR) is 79.4 cm³/mol. The summed E-state index contributed by atoms with van der Waals surface area (Å²) in [6, 6.07) is 5.23. The van der Waals surface area contributed by atoms with Gasteiger partial charge in [-0.15, -0.1) is 0 Å². The first-order chi connectivity index (χ1) is 9.45. The van der Waals surface area contributed by atoms with Crippen molar-refractivity contribution in [3.63, 3.8) is 0 Å². The van der Waals surface area contributed by atoms with Crippen molar-refractivity contribution >= 4 is 21.5 Å². The average molecular weight is 296 g/mol. The number of hydrogen-bond acceptors (Lipinski definition) is 4. The van der Waals surface area contributed by atoms with Gasteiger partial charge in [0.05, 0.1) is 0 Å². The van der Waals surface area contributed by atoms with Gasteiger partial charge in [0.2, 0.25) is 0 Å². The summed E-state index contributed by atoms with van der Waals surface area (Å²) in [5, 5.41) is 3.24. The predicted octanol–water partition coefficient (Wildman–Crippen LogP) is 1.84. The number of nitrogens with zero attached hydrogens (tertiary/aromatic N) is 2. The Balaban J connectivity index is 2.58. The topological polar surface area (TPSA) is 75.5 Å². The van der Waals surface area contributed by atoms with Crippen LogP contribution in [0.5, 0.6) is 0 Å². The fraction of sp³-hybridized carbons (Fsp3) is 0.462. The summed E-state index contributed by atoms with van der Waals surface area (Å²) in [5.74, 6) is 0.395. The van der Waals surface area contributed by atoms with Crippen molar-refractivity contribution in [1.29, 1.82) is 0 Å². The van der Waals surface area contributed by atoms with E-state index in [1.807, 2.05) is 13.0 Å². The maximum atomic E-state index is 12.5. The molecule has 0 unspecified atom stereocenters. The molecule has 0 aliphatic rings. The minimum atomic E-state index is -3.62. The van der Waals surface area contributed by atoms with Crippen LogP contribution in [0.1, 0.15) is 27.2 Å². The van der Waals surface area contributed by atoms with Crippen LogP contribution in [0.25, 0.3) is 5.65 Å². The van der Waals surface area contributed by atoms with Crippen LogP contribution in [-0.4, -0.2) is 30.4 Å². The number of aromatic nitrogens is 2. The molecule has 2 rings (SSSR count). The highest BCUT2D eigenvalue weighted by Crippen LogP contribution is 2.22. The molecule has 0 saturated heterocycles. The Morgan fingerprint density at radius 3 is 2.75 bits per heavy atom. The SMILES string of the molecule is CCCNc1nc2ccccn2c1S(=O)(=O)NC(C)C. The molecule has 20 heavy (non-hydrogen) atoms. The number of anilines is 1. The molecule has 2 aromatic heterocycles. The normalized spacial score (nSPS) is 12.2. The lowest BCUT2D eigenvalue weighted by Gasteiger charge is -2.11. The summed E-state index contributed by atoms with van der Waals surface area (Å²) < 4.78 is 29.2. The second kappa shape index (κ2) is 5.80. The van der Waals surface area contributed by atoms with Gasteiger partial charge >= 0.3 is 0 Å². The molecule has 0 aliphatic carbocycles. The number of hydrogen-bond donors (Lipinski definition) is 2. The summed E-state index contributed by atoms with van der Waals surface area (Å²) in [4.78, 5) is 4.36. The minimum Gasteiger partial charge on any atom is -0.368 e. The van der Waals surface area contributed by atoms with Crippen LogP contribution in [-0.2, 0) is 10.0 Å². The van der Waals surface area contributed by atoms with Crippen LogP contribution in [0.3, 0.4) is 0 Å². The lowest BCUT2D eigenvalue weighted by Crippen LogP contribution is -2.31. The highest BCUT2D eigenvalue weighted by Gasteiger charge is 2.25. The molecule has 110 valence electrons. The van der Waals surface area contributed by atoms with Crippen molar-refractivity contribution < 1.29 is 8.42 Å². The zero-order valence-electron chi connectivity index (χ0n) is 11.9. The molecule has 0 bridgehead atoms. The van der Waals surface area contributed by atoms with E-state index in [4.69, 9.17) is 0 Å². The standard InChI is InChI=1S/C13H20N4O2S/c1-4-8-14-12-13(20(18,19)16-10(2)3)17-9-6-5-7-11(17)15-12/h5-7,9-10,14,16H,4,8H2,1-3H3. The smallest absolute Gasteiger partial charge is 0.260 e. The van der Waals surface area contributed by atoms with Gasteiger partial charge in [-0.2, -0.15) is 0 Å². The molecule has 0 radical (unpaired) electrons. The minimum absolute atomic E-state index is 0.162. The fourth-order valence-corrected chi connectivity index (χ4v) is 3.47. The number of imidazole rings is 1. The second-order valence-corrected chi connectivity index (χ2v) is 6.53. The van der Waals surface area contributed by atoms with Gasteiger partial charge < -0.3 is 5.32 Å². The highest BCUT2D eigenvalue weighted by atomic mass is 32.2. The zero-order chi connectivity index (χ0) is 14.8. The van der Waals surface area contributed by atoms with Gasteiger partial charge in [0.15, 0.2) is 10.8 Å². The van der Waals surface area contributed by atoms with E-state index >= 15 is 0 Å². The molecule has 0 fully saturated rings. The summed E-state index contributed by atoms with van der Waals surface area (Å²) in [6.07, 6.45) is 2.60. The molecule has 0 spiro atoms. The van der Waals surface area contributed by atoms with Crippen LogP contribution in [0.4, 0.5) is 5.82 Å². The molecule has 2 heterocycles. The lowest BCUT2D eigenvalue weighted by molar-refractivity contribution is 0.565. The van der Waals surface area contributed by atoms with Crippen molar-refractivity contribution in [2.24, 2.45) is 0 Å². The molecule has 0 saturated carbocycles. The summed E-state index contributed by atoms with van der Waals surface area (Å²) in [6.45, 7) is 6.28. The maximum Gasteiger partial charge on any atom is 0.260 e. The first kappa shape index (κ1) is 14.8. The number of rotatable bonds is 6. The third-order valence-electron chi connectivity index (χ3n) is 2.67. The first-order valence-electron chi connectivity index (χ1n) is 6.69. The Morgan fingerprint density at radius 1 is 1.35 bits per heavy atom. The van der Waals surface area contributed by atoms with E-state index in [-0.39, 0.29) is 11.1 Å². The first-order valence-corrected chi connectivity index (χ1v) is 8.17. The Labute approximate surface area is 119 Å².